The number of nitro benzene ring substituents is 1. The molecule has 0 saturated carbocycles. The van der Waals surface area contributed by atoms with Crippen molar-refractivity contribution >= 4 is 11.6 Å². The molecule has 116 valence electrons. The molecule has 1 unspecified atom stereocenters. The van der Waals surface area contributed by atoms with Crippen molar-refractivity contribution in [3.05, 3.63) is 58.4 Å². The van der Waals surface area contributed by atoms with Gasteiger partial charge in [0.15, 0.2) is 0 Å². The fraction of sp³-hybridized carbons (Fsp3) is 0.286. The highest BCUT2D eigenvalue weighted by Gasteiger charge is 2.50. The van der Waals surface area contributed by atoms with Gasteiger partial charge < -0.3 is 22.1 Å². The summed E-state index contributed by atoms with van der Waals surface area (Å²) in [5, 5.41) is 21.8. The summed E-state index contributed by atoms with van der Waals surface area (Å²) in [6.45, 7) is 2.84. The molecule has 7 nitrogen and oxygen atoms in total. The number of halogens is 1. The quantitative estimate of drug-likeness (QED) is 0.384. The van der Waals surface area contributed by atoms with E-state index in [9.17, 15) is 15.2 Å². The van der Waals surface area contributed by atoms with E-state index in [0.717, 1.165) is 0 Å². The maximum Gasteiger partial charge on any atom is 0.396 e. The number of aliphatic hydroxyl groups is 1. The minimum Gasteiger partial charge on any atom is -1.00 e. The molecule has 22 heavy (non-hydrogen) atoms. The zero-order valence-corrected chi connectivity index (χ0v) is 13.5. The second-order valence-electron chi connectivity index (χ2n) is 4.91. The normalized spacial score (nSPS) is 19.5. The number of hydrogen-bond acceptors (Lipinski definition) is 5. The lowest BCUT2D eigenvalue weighted by atomic mass is 10.0. The Morgan fingerprint density at radius 1 is 1.45 bits per heavy atom. The van der Waals surface area contributed by atoms with Gasteiger partial charge in [-0.25, -0.2) is 9.47 Å². The zero-order chi connectivity index (χ0) is 15.0. The van der Waals surface area contributed by atoms with E-state index in [2.05, 4.69) is 4.98 Å². The van der Waals surface area contributed by atoms with Gasteiger partial charge in [-0.15, -0.1) is 0 Å². The van der Waals surface area contributed by atoms with Crippen LogP contribution in [0, 0.1) is 10.1 Å². The zero-order valence-electron chi connectivity index (χ0n) is 11.9. The fourth-order valence-electron chi connectivity index (χ4n) is 2.73. The average Bonchev–Trinajstić information content (AvgIpc) is 2.79. The number of anilines is 1. The molecule has 0 bridgehead atoms. The first-order valence-electron chi connectivity index (χ1n) is 6.65. The Morgan fingerprint density at radius 3 is 2.73 bits per heavy atom. The number of non-ortho nitro benzene ring substituents is 1. The molecular formula is C14H15BrN4O3. The molecule has 0 fully saturated rings. The standard InChI is InChI=1S/C14H15N4O3.BrH/c1-2-17-13-15-8-3-9-16(13)10-14(17,19)11-4-6-12(7-5-11)18(20)21;/h3-9,19H,2,10H2,1H3;1H/q+1;/p-1. The molecule has 1 aliphatic heterocycles. The van der Waals surface area contributed by atoms with Crippen molar-refractivity contribution in [3.8, 4) is 0 Å². The summed E-state index contributed by atoms with van der Waals surface area (Å²) >= 11 is 0. The summed E-state index contributed by atoms with van der Waals surface area (Å²) in [5.41, 5.74) is -0.627. The smallest absolute Gasteiger partial charge is 0.396 e. The molecular weight excluding hydrogens is 352 g/mol. The third-order valence-electron chi connectivity index (χ3n) is 3.73. The van der Waals surface area contributed by atoms with E-state index < -0.39 is 10.6 Å². The summed E-state index contributed by atoms with van der Waals surface area (Å²) in [6.07, 6.45) is 3.53. The van der Waals surface area contributed by atoms with E-state index in [0.29, 0.717) is 24.6 Å². The summed E-state index contributed by atoms with van der Waals surface area (Å²) in [6, 6.07) is 7.80. The van der Waals surface area contributed by atoms with Crippen LogP contribution < -0.4 is 26.4 Å². The van der Waals surface area contributed by atoms with Crippen molar-refractivity contribution < 1.29 is 31.6 Å². The number of rotatable bonds is 3. The number of aromatic nitrogens is 2. The van der Waals surface area contributed by atoms with Crippen molar-refractivity contribution in [1.82, 2.24) is 4.98 Å². The summed E-state index contributed by atoms with van der Waals surface area (Å²) in [7, 11) is 0. The van der Waals surface area contributed by atoms with Gasteiger partial charge in [0, 0.05) is 23.8 Å². The first kappa shape index (κ1) is 16.3. The number of benzene rings is 1. The lowest BCUT2D eigenvalue weighted by Crippen LogP contribution is -3.00. The number of likely N-dealkylation sites (N-methyl/N-ethyl adjacent to an activating group) is 1. The molecule has 3 rings (SSSR count). The van der Waals surface area contributed by atoms with E-state index in [1.807, 2.05) is 17.7 Å². The minimum absolute atomic E-state index is 0. The molecule has 0 amide bonds. The number of nitrogens with zero attached hydrogens (tertiary/aromatic N) is 4. The van der Waals surface area contributed by atoms with Crippen molar-refractivity contribution in [2.24, 2.45) is 0 Å². The van der Waals surface area contributed by atoms with Gasteiger partial charge in [0.25, 0.3) is 5.69 Å². The third kappa shape index (κ3) is 2.44. The number of nitro groups is 1. The molecule has 0 aliphatic carbocycles. The molecule has 0 saturated heterocycles. The monoisotopic (exact) mass is 366 g/mol. The van der Waals surface area contributed by atoms with Gasteiger partial charge in [0.2, 0.25) is 5.72 Å². The predicted molar refractivity (Wildman–Crippen MR) is 74.4 cm³/mol. The lowest BCUT2D eigenvalue weighted by molar-refractivity contribution is -0.685. The Balaban J connectivity index is 0.00000176. The van der Waals surface area contributed by atoms with Gasteiger partial charge in [0.05, 0.1) is 17.7 Å². The first-order chi connectivity index (χ1) is 10.1. The van der Waals surface area contributed by atoms with Crippen LogP contribution in [0.2, 0.25) is 0 Å². The highest BCUT2D eigenvalue weighted by molar-refractivity contribution is 5.41. The van der Waals surface area contributed by atoms with E-state index in [1.165, 1.54) is 12.1 Å². The second-order valence-corrected chi connectivity index (χ2v) is 4.91. The van der Waals surface area contributed by atoms with Gasteiger partial charge in [-0.2, -0.15) is 0 Å². The molecule has 0 radical (unpaired) electrons. The molecule has 8 heteroatoms. The third-order valence-corrected chi connectivity index (χ3v) is 3.73. The summed E-state index contributed by atoms with van der Waals surface area (Å²) in [4.78, 5) is 16.4. The number of fused-ring (bicyclic) bond motifs is 1. The highest BCUT2D eigenvalue weighted by Crippen LogP contribution is 2.33. The van der Waals surface area contributed by atoms with Crippen LogP contribution in [0.1, 0.15) is 12.5 Å². The number of hydrogen-bond donors (Lipinski definition) is 1. The molecule has 1 aromatic carbocycles. The van der Waals surface area contributed by atoms with Crippen molar-refractivity contribution in [1.29, 1.82) is 0 Å². The van der Waals surface area contributed by atoms with Gasteiger partial charge in [-0.1, -0.05) is 4.98 Å². The molecule has 1 N–H and O–H groups in total. The van der Waals surface area contributed by atoms with Gasteiger partial charge >= 0.3 is 5.95 Å². The first-order valence-corrected chi connectivity index (χ1v) is 6.65. The Morgan fingerprint density at radius 2 is 2.14 bits per heavy atom. The van der Waals surface area contributed by atoms with Crippen molar-refractivity contribution in [2.45, 2.75) is 19.2 Å². The Kier molecular flexibility index (Phi) is 4.43. The second kappa shape index (κ2) is 5.98. The maximum atomic E-state index is 11.1. The van der Waals surface area contributed by atoms with Crippen LogP contribution in [0.3, 0.4) is 0 Å². The Labute approximate surface area is 137 Å². The van der Waals surface area contributed by atoms with Gasteiger partial charge in [-0.3, -0.25) is 10.1 Å². The molecule has 1 aliphatic rings. The summed E-state index contributed by atoms with van der Waals surface area (Å²) in [5.74, 6) is 0.681. The van der Waals surface area contributed by atoms with Crippen LogP contribution in [0.5, 0.6) is 0 Å². The SMILES string of the molecule is CCN1c2nccc[n+]2CC1(O)c1ccc([N+](=O)[O-])cc1.[Br-]. The van der Waals surface area contributed by atoms with Crippen molar-refractivity contribution in [2.75, 3.05) is 11.4 Å². The van der Waals surface area contributed by atoms with Crippen LogP contribution in [0.4, 0.5) is 11.6 Å². The van der Waals surface area contributed by atoms with Gasteiger partial charge in [-0.05, 0) is 19.1 Å². The minimum atomic E-state index is -1.24. The molecule has 1 aromatic heterocycles. The van der Waals surface area contributed by atoms with Crippen LogP contribution in [-0.2, 0) is 12.3 Å². The molecule has 0 spiro atoms. The maximum absolute atomic E-state index is 11.1. The predicted octanol–water partition coefficient (Wildman–Crippen LogP) is -2.03. The summed E-state index contributed by atoms with van der Waals surface area (Å²) < 4.78 is 1.87. The van der Waals surface area contributed by atoms with Crippen LogP contribution in [0.15, 0.2) is 42.7 Å². The van der Waals surface area contributed by atoms with Crippen LogP contribution >= 0.6 is 0 Å². The molecule has 2 heterocycles. The van der Waals surface area contributed by atoms with Gasteiger partial charge in [0.1, 0.15) is 12.7 Å². The largest absolute Gasteiger partial charge is 1.00 e. The fourth-order valence-corrected chi connectivity index (χ4v) is 2.73. The van der Waals surface area contributed by atoms with Crippen molar-refractivity contribution in [3.63, 3.8) is 0 Å². The highest BCUT2D eigenvalue weighted by atomic mass is 79.9. The average molecular weight is 367 g/mol. The molecule has 1 atom stereocenters. The van der Waals surface area contributed by atoms with Crippen LogP contribution in [0.25, 0.3) is 0 Å². The Bertz CT molecular complexity index is 695. The van der Waals surface area contributed by atoms with E-state index in [1.54, 1.807) is 29.3 Å². The molecule has 2 aromatic rings. The van der Waals surface area contributed by atoms with E-state index in [4.69, 9.17) is 0 Å². The lowest BCUT2D eigenvalue weighted by Gasteiger charge is -2.27. The Hall–Kier alpha value is -2.06. The van der Waals surface area contributed by atoms with E-state index in [-0.39, 0.29) is 22.7 Å². The topological polar surface area (TPSA) is 83.4 Å². The van der Waals surface area contributed by atoms with E-state index >= 15 is 0 Å². The van der Waals surface area contributed by atoms with Crippen LogP contribution in [-0.4, -0.2) is 21.6 Å².